The third-order valence-corrected chi connectivity index (χ3v) is 11.9. The number of nitrogens with one attached hydrogen (secondary N) is 1. The minimum Gasteiger partial charge on any atom is -0.459 e. The molecule has 0 aromatic carbocycles. The molecule has 2 aromatic heterocycles. The second-order valence-electron chi connectivity index (χ2n) is 16.3. The van der Waals surface area contributed by atoms with Gasteiger partial charge in [-0.2, -0.15) is 0 Å². The van der Waals surface area contributed by atoms with Gasteiger partial charge in [0.15, 0.2) is 24.4 Å². The average Bonchev–Trinajstić information content (AvgIpc) is 3.63. The van der Waals surface area contributed by atoms with Gasteiger partial charge in [0.2, 0.25) is 0 Å². The molecule has 3 fully saturated rings. The summed E-state index contributed by atoms with van der Waals surface area (Å²) in [6.07, 6.45) is -4.84. The highest BCUT2D eigenvalue weighted by Gasteiger charge is 2.51. The Balaban J connectivity index is 1.55. The zero-order chi connectivity index (χ0) is 41.8. The molecule has 0 amide bonds. The SMILES string of the molecule is CC[C@H]1OC(=O)[C@H](C)C(=O)[C@H](C)[C@@H](O[C@@H]2O[C@H](C)C[C@H](N(C)C)[C@H]2O)[C@@]2(C)C[C@@H](C)C(=N)C[C@@H](OC/C(=N/OCc3cc(-c4cccc(Br)n4)no3)CO2)[C@]1(C)O. The minimum absolute atomic E-state index is 0.0149. The maximum absolute atomic E-state index is 14.3. The molecule has 16 nitrogen and oxygen atoms in total. The fourth-order valence-electron chi connectivity index (χ4n) is 7.92. The molecule has 316 valence electrons. The number of esters is 1. The third kappa shape index (κ3) is 10.5. The van der Waals surface area contributed by atoms with Gasteiger partial charge in [0, 0.05) is 30.2 Å². The molecule has 3 saturated heterocycles. The fourth-order valence-corrected chi connectivity index (χ4v) is 8.26. The Kier molecular flexibility index (Phi) is 14.8. The Morgan fingerprint density at radius 1 is 1.12 bits per heavy atom. The Bertz CT molecular complexity index is 1760. The van der Waals surface area contributed by atoms with E-state index in [1.807, 2.05) is 38.9 Å². The minimum atomic E-state index is -1.78. The predicted molar refractivity (Wildman–Crippen MR) is 211 cm³/mol. The van der Waals surface area contributed by atoms with Crippen LogP contribution in [0, 0.1) is 23.2 Å². The topological polar surface area (TPSA) is 208 Å². The van der Waals surface area contributed by atoms with Crippen LogP contribution < -0.4 is 0 Å². The van der Waals surface area contributed by atoms with E-state index < -0.39 is 71.4 Å². The van der Waals surface area contributed by atoms with Gasteiger partial charge in [-0.05, 0) is 95.0 Å². The van der Waals surface area contributed by atoms with Crippen molar-refractivity contribution in [1.82, 2.24) is 15.0 Å². The van der Waals surface area contributed by atoms with Crippen LogP contribution in [-0.4, -0.2) is 130 Å². The number of rotatable bonds is 8. The molecular formula is C40H58BrN5O11. The molecule has 17 heteroatoms. The zero-order valence-electron chi connectivity index (χ0n) is 34.3. The van der Waals surface area contributed by atoms with Crippen molar-refractivity contribution in [1.29, 1.82) is 5.41 Å². The van der Waals surface area contributed by atoms with Crippen molar-refractivity contribution in [3.8, 4) is 11.4 Å². The van der Waals surface area contributed by atoms with Crippen molar-refractivity contribution >= 4 is 39.1 Å². The van der Waals surface area contributed by atoms with Crippen LogP contribution in [0.4, 0.5) is 0 Å². The number of carbonyl (C=O) groups excluding carboxylic acids is 2. The molecule has 12 atom stereocenters. The highest BCUT2D eigenvalue weighted by atomic mass is 79.9. The lowest BCUT2D eigenvalue weighted by atomic mass is 9.76. The Hall–Kier alpha value is -3.16. The summed E-state index contributed by atoms with van der Waals surface area (Å²) in [5.41, 5.74) is -1.50. The summed E-state index contributed by atoms with van der Waals surface area (Å²) < 4.78 is 38.1. The van der Waals surface area contributed by atoms with E-state index in [0.717, 1.165) is 0 Å². The first-order valence-electron chi connectivity index (χ1n) is 19.6. The Labute approximate surface area is 342 Å². The molecule has 0 unspecified atom stereocenters. The lowest BCUT2D eigenvalue weighted by Gasteiger charge is -2.47. The second kappa shape index (κ2) is 18.8. The first-order valence-corrected chi connectivity index (χ1v) is 20.3. The molecule has 5 heterocycles. The summed E-state index contributed by atoms with van der Waals surface area (Å²) in [4.78, 5) is 40.1. The van der Waals surface area contributed by atoms with Crippen molar-refractivity contribution in [3.05, 3.63) is 34.6 Å². The van der Waals surface area contributed by atoms with Crippen LogP contribution in [0.3, 0.4) is 0 Å². The van der Waals surface area contributed by atoms with Gasteiger partial charge in [-0.25, -0.2) is 4.98 Å². The van der Waals surface area contributed by atoms with E-state index in [1.54, 1.807) is 39.0 Å². The number of halogens is 1. The van der Waals surface area contributed by atoms with Crippen LogP contribution in [0.15, 0.2) is 38.5 Å². The van der Waals surface area contributed by atoms with E-state index in [9.17, 15) is 25.2 Å². The number of pyridine rings is 1. The van der Waals surface area contributed by atoms with Crippen molar-refractivity contribution < 1.29 is 52.8 Å². The number of aliphatic hydroxyl groups excluding tert-OH is 1. The lowest BCUT2D eigenvalue weighted by molar-refractivity contribution is -0.296. The van der Waals surface area contributed by atoms with Gasteiger partial charge < -0.3 is 53.6 Å². The molecule has 3 N–H and O–H groups in total. The summed E-state index contributed by atoms with van der Waals surface area (Å²) in [6.45, 7) is 11.5. The molecule has 3 aliphatic rings. The molecule has 0 radical (unpaired) electrons. The smallest absolute Gasteiger partial charge is 0.316 e. The summed E-state index contributed by atoms with van der Waals surface area (Å²) in [6, 6.07) is 6.82. The number of ketones is 1. The summed E-state index contributed by atoms with van der Waals surface area (Å²) in [5, 5.41) is 41.3. The van der Waals surface area contributed by atoms with Crippen LogP contribution in [0.25, 0.3) is 11.4 Å². The predicted octanol–water partition coefficient (Wildman–Crippen LogP) is 4.72. The molecule has 2 aromatic rings. The van der Waals surface area contributed by atoms with E-state index >= 15 is 0 Å². The maximum Gasteiger partial charge on any atom is 0.316 e. The molecule has 0 spiro atoms. The number of hydrogen-bond donors (Lipinski definition) is 3. The van der Waals surface area contributed by atoms with E-state index in [0.29, 0.717) is 28.2 Å². The monoisotopic (exact) mass is 863 g/mol. The highest BCUT2D eigenvalue weighted by molar-refractivity contribution is 9.10. The van der Waals surface area contributed by atoms with Crippen molar-refractivity contribution in [2.45, 2.75) is 135 Å². The number of likely N-dealkylation sites (N-methyl/N-ethyl adjacent to an activating group) is 1. The van der Waals surface area contributed by atoms with Gasteiger partial charge in [0.05, 0.1) is 42.8 Å². The largest absolute Gasteiger partial charge is 0.459 e. The first kappa shape index (κ1) is 44.9. The molecule has 0 saturated carbocycles. The number of hydrogen-bond acceptors (Lipinski definition) is 16. The zero-order valence-corrected chi connectivity index (χ0v) is 35.9. The normalized spacial score (nSPS) is 37.0. The number of cyclic esters (lactones) is 1. The van der Waals surface area contributed by atoms with E-state index in [4.69, 9.17) is 33.0 Å². The number of aromatic nitrogens is 2. The van der Waals surface area contributed by atoms with E-state index in [1.165, 1.54) is 13.8 Å². The Morgan fingerprint density at radius 3 is 2.54 bits per heavy atom. The third-order valence-electron chi connectivity index (χ3n) is 11.4. The highest BCUT2D eigenvalue weighted by Crippen LogP contribution is 2.39. The van der Waals surface area contributed by atoms with Crippen LogP contribution in [0.5, 0.6) is 0 Å². The van der Waals surface area contributed by atoms with Gasteiger partial charge in [0.25, 0.3) is 0 Å². The number of nitrogens with zero attached hydrogens (tertiary/aromatic N) is 4. The first-order chi connectivity index (χ1) is 26.8. The molecule has 3 aliphatic heterocycles. The van der Waals surface area contributed by atoms with Gasteiger partial charge in [-0.3, -0.25) is 9.59 Å². The van der Waals surface area contributed by atoms with Crippen LogP contribution in [0.1, 0.15) is 79.9 Å². The van der Waals surface area contributed by atoms with Gasteiger partial charge in [-0.1, -0.05) is 37.1 Å². The maximum atomic E-state index is 14.3. The second-order valence-corrected chi connectivity index (χ2v) is 17.1. The standard InChI is InChI=1S/C40H58BrN5O11/c1-10-31-40(7,50)32-16-27(42)21(2)17-39(6,52-19-25(18-51-32)44-53-20-26-15-29(45-57-26)28-12-11-13-33(41)43-28)36(23(4)34(47)24(5)37(49)55-31)56-38-35(48)30(46(8)9)14-22(3)54-38/h11-13,15,21-24,30-32,35-36,38,42,48,50H,10,14,16-20H2,1-9H3/b42-27?,44-25-/t21-,22-,23+,24-,30+,31-,32-,35-,36-,38+,39-,40-/m1/s1. The van der Waals surface area contributed by atoms with Crippen molar-refractivity contribution in [3.63, 3.8) is 0 Å². The van der Waals surface area contributed by atoms with E-state index in [-0.39, 0.29) is 62.7 Å². The number of carbonyl (C=O) groups is 2. The quantitative estimate of drug-likeness (QED) is 0.142. The summed E-state index contributed by atoms with van der Waals surface area (Å²) in [5.74, 6) is -3.63. The van der Waals surface area contributed by atoms with E-state index in [2.05, 4.69) is 31.2 Å². The number of oxime groups is 1. The molecule has 2 bridgehead atoms. The van der Waals surface area contributed by atoms with Crippen LogP contribution in [-0.2, 0) is 44.7 Å². The van der Waals surface area contributed by atoms with Crippen LogP contribution in [0.2, 0.25) is 0 Å². The number of aliphatic hydroxyl groups is 2. The van der Waals surface area contributed by atoms with Gasteiger partial charge in [0.1, 0.15) is 39.7 Å². The molecule has 5 rings (SSSR count). The molecule has 57 heavy (non-hydrogen) atoms. The van der Waals surface area contributed by atoms with Crippen LogP contribution >= 0.6 is 15.9 Å². The lowest BCUT2D eigenvalue weighted by Crippen LogP contribution is -2.59. The fraction of sp³-hybridized carbons (Fsp3) is 0.700. The average molecular weight is 865 g/mol. The molecular weight excluding hydrogens is 806 g/mol. The number of ether oxygens (including phenoxy) is 5. The van der Waals surface area contributed by atoms with Crippen molar-refractivity contribution in [2.24, 2.45) is 22.9 Å². The van der Waals surface area contributed by atoms with Gasteiger partial charge >= 0.3 is 5.97 Å². The summed E-state index contributed by atoms with van der Waals surface area (Å²) >= 11 is 3.37. The number of fused-ring (bicyclic) bond motifs is 5. The molecule has 0 aliphatic carbocycles. The van der Waals surface area contributed by atoms with Crippen molar-refractivity contribution in [2.75, 3.05) is 27.3 Å². The number of Topliss-reactive ketones (excluding diaryl/α,β-unsaturated/α-hetero) is 1. The van der Waals surface area contributed by atoms with Gasteiger partial charge in [-0.15, -0.1) is 0 Å². The Morgan fingerprint density at radius 2 is 1.86 bits per heavy atom. The summed E-state index contributed by atoms with van der Waals surface area (Å²) in [7, 11) is 3.73.